The van der Waals surface area contributed by atoms with Gasteiger partial charge in [0.25, 0.3) is 0 Å². The van der Waals surface area contributed by atoms with Crippen LogP contribution in [0.2, 0.25) is 0 Å². The zero-order valence-electron chi connectivity index (χ0n) is 18.2. The smallest absolute Gasteiger partial charge is 0.231 e. The van der Waals surface area contributed by atoms with Crippen LogP contribution >= 0.6 is 0 Å². The van der Waals surface area contributed by atoms with Crippen LogP contribution in [-0.4, -0.2) is 50.3 Å². The molecule has 3 atom stereocenters. The summed E-state index contributed by atoms with van der Waals surface area (Å²) in [5.41, 5.74) is 2.05. The first-order chi connectivity index (χ1) is 15.1. The highest BCUT2D eigenvalue weighted by Gasteiger charge is 2.41. The van der Waals surface area contributed by atoms with E-state index in [4.69, 9.17) is 23.7 Å². The predicted molar refractivity (Wildman–Crippen MR) is 115 cm³/mol. The highest BCUT2D eigenvalue weighted by atomic mass is 16.7. The molecule has 3 aliphatic heterocycles. The van der Waals surface area contributed by atoms with E-state index in [1.807, 2.05) is 24.3 Å². The molecule has 7 nitrogen and oxygen atoms in total. The number of methoxy groups -OCH3 is 2. The van der Waals surface area contributed by atoms with Crippen LogP contribution < -0.4 is 23.7 Å². The molecule has 1 saturated heterocycles. The minimum atomic E-state index is -0.0519. The average Bonchev–Trinajstić information content (AvgIpc) is 3.25. The summed E-state index contributed by atoms with van der Waals surface area (Å²) in [6.45, 7) is 4.51. The van der Waals surface area contributed by atoms with Crippen LogP contribution in [0, 0.1) is 5.92 Å². The van der Waals surface area contributed by atoms with Gasteiger partial charge in [-0.15, -0.1) is 0 Å². The Labute approximate surface area is 182 Å². The van der Waals surface area contributed by atoms with E-state index in [0.29, 0.717) is 17.2 Å². The molecule has 2 aromatic carbocycles. The third-order valence-electron chi connectivity index (χ3n) is 6.68. The van der Waals surface area contributed by atoms with Gasteiger partial charge in [-0.3, -0.25) is 4.90 Å². The number of fused-ring (bicyclic) bond motifs is 2. The third-order valence-corrected chi connectivity index (χ3v) is 6.68. The summed E-state index contributed by atoms with van der Waals surface area (Å²) in [5.74, 6) is 3.22. The number of hydrogen-bond acceptors (Lipinski definition) is 7. The number of phenolic OH excluding ortho intramolecular Hbond substituents is 1. The summed E-state index contributed by atoms with van der Waals surface area (Å²) >= 11 is 0. The Kier molecular flexibility index (Phi) is 5.22. The van der Waals surface area contributed by atoms with E-state index in [1.54, 1.807) is 14.2 Å². The maximum Gasteiger partial charge on any atom is 0.231 e. The highest BCUT2D eigenvalue weighted by molar-refractivity contribution is 5.59. The standard InChI is InChI=1S/C24H29NO6/c1-14-22(15-9-20(27-2)23(26)21(10-15)28-3)16-11-18-19(30-13-29-18)12-17(16)31-24(14)25-7-5-4-6-8-25/h9-12,14,22,24,26H,4-8,13H2,1-3H3/t14-,22+,24+/m1/s1. The van der Waals surface area contributed by atoms with Crippen LogP contribution in [0.15, 0.2) is 24.3 Å². The molecule has 1 fully saturated rings. The lowest BCUT2D eigenvalue weighted by atomic mass is 9.77. The van der Waals surface area contributed by atoms with E-state index in [0.717, 1.165) is 35.7 Å². The van der Waals surface area contributed by atoms with Gasteiger partial charge in [-0.05, 0) is 36.6 Å². The van der Waals surface area contributed by atoms with Crippen molar-refractivity contribution in [2.45, 2.75) is 38.3 Å². The molecular formula is C24H29NO6. The molecule has 5 rings (SSSR count). The summed E-state index contributed by atoms with van der Waals surface area (Å²) < 4.78 is 28.7. The monoisotopic (exact) mass is 427 g/mol. The fraction of sp³-hybridized carbons (Fsp3) is 0.500. The van der Waals surface area contributed by atoms with Gasteiger partial charge in [0, 0.05) is 36.6 Å². The molecule has 0 unspecified atom stereocenters. The van der Waals surface area contributed by atoms with Gasteiger partial charge in [0.15, 0.2) is 29.2 Å². The number of piperidine rings is 1. The second-order valence-corrected chi connectivity index (χ2v) is 8.46. The van der Waals surface area contributed by atoms with Gasteiger partial charge in [-0.2, -0.15) is 0 Å². The quantitative estimate of drug-likeness (QED) is 0.787. The zero-order valence-corrected chi connectivity index (χ0v) is 18.2. The van der Waals surface area contributed by atoms with Gasteiger partial charge in [-0.1, -0.05) is 13.3 Å². The van der Waals surface area contributed by atoms with E-state index in [-0.39, 0.29) is 30.6 Å². The number of rotatable bonds is 4. The number of aromatic hydroxyl groups is 1. The van der Waals surface area contributed by atoms with Crippen LogP contribution in [0.5, 0.6) is 34.5 Å². The first-order valence-electron chi connectivity index (χ1n) is 10.9. The zero-order chi connectivity index (χ0) is 21.5. The first kappa shape index (κ1) is 20.1. The number of nitrogens with zero attached hydrogens (tertiary/aromatic N) is 1. The maximum absolute atomic E-state index is 10.4. The maximum atomic E-state index is 10.4. The first-order valence-corrected chi connectivity index (χ1v) is 10.9. The Bertz CT molecular complexity index is 946. The molecule has 2 aromatic rings. The molecule has 0 spiro atoms. The fourth-order valence-electron chi connectivity index (χ4n) is 5.13. The second kappa shape index (κ2) is 8.04. The van der Waals surface area contributed by atoms with Gasteiger partial charge in [0.2, 0.25) is 12.5 Å². The SMILES string of the molecule is COc1cc([C@H]2c3cc4c(cc3O[C@H](N3CCCCC3)[C@@H]2C)OCO4)cc(OC)c1O. The molecule has 166 valence electrons. The van der Waals surface area contributed by atoms with Crippen LogP contribution in [0.1, 0.15) is 43.2 Å². The molecule has 31 heavy (non-hydrogen) atoms. The molecule has 3 heterocycles. The normalized spacial score (nSPS) is 24.9. The molecule has 0 aliphatic carbocycles. The van der Waals surface area contributed by atoms with Crippen LogP contribution in [0.4, 0.5) is 0 Å². The van der Waals surface area contributed by atoms with Crippen LogP contribution in [0.25, 0.3) is 0 Å². The molecule has 1 N–H and O–H groups in total. The van der Waals surface area contributed by atoms with E-state index < -0.39 is 0 Å². The molecular weight excluding hydrogens is 398 g/mol. The van der Waals surface area contributed by atoms with Crippen LogP contribution in [-0.2, 0) is 0 Å². The molecule has 3 aliphatic rings. The van der Waals surface area contributed by atoms with Crippen molar-refractivity contribution in [2.75, 3.05) is 34.1 Å². The van der Waals surface area contributed by atoms with Gasteiger partial charge in [0.1, 0.15) is 5.75 Å². The lowest BCUT2D eigenvalue weighted by molar-refractivity contribution is -0.0403. The van der Waals surface area contributed by atoms with Crippen molar-refractivity contribution in [3.63, 3.8) is 0 Å². The predicted octanol–water partition coefficient (Wildman–Crippen LogP) is 4.11. The van der Waals surface area contributed by atoms with Gasteiger partial charge >= 0.3 is 0 Å². The Morgan fingerprint density at radius 2 is 1.55 bits per heavy atom. The van der Waals surface area contributed by atoms with Crippen molar-refractivity contribution in [1.82, 2.24) is 4.90 Å². The molecule has 0 saturated carbocycles. The van der Waals surface area contributed by atoms with Crippen molar-refractivity contribution in [3.05, 3.63) is 35.4 Å². The number of ether oxygens (including phenoxy) is 5. The number of likely N-dealkylation sites (tertiary alicyclic amines) is 1. The van der Waals surface area contributed by atoms with Crippen LogP contribution in [0.3, 0.4) is 0 Å². The van der Waals surface area contributed by atoms with E-state index in [1.165, 1.54) is 19.3 Å². The second-order valence-electron chi connectivity index (χ2n) is 8.46. The largest absolute Gasteiger partial charge is 0.502 e. The van der Waals surface area contributed by atoms with E-state index in [9.17, 15) is 5.11 Å². The summed E-state index contributed by atoms with van der Waals surface area (Å²) in [6.07, 6.45) is 3.59. The van der Waals surface area contributed by atoms with Crippen molar-refractivity contribution in [3.8, 4) is 34.5 Å². The topological polar surface area (TPSA) is 69.6 Å². The molecule has 0 aromatic heterocycles. The lowest BCUT2D eigenvalue weighted by Crippen LogP contribution is -2.50. The lowest BCUT2D eigenvalue weighted by Gasteiger charge is -2.44. The summed E-state index contributed by atoms with van der Waals surface area (Å²) in [6, 6.07) is 7.76. The molecule has 0 radical (unpaired) electrons. The van der Waals surface area contributed by atoms with E-state index >= 15 is 0 Å². The summed E-state index contributed by atoms with van der Waals surface area (Å²) in [7, 11) is 3.10. The summed E-state index contributed by atoms with van der Waals surface area (Å²) in [5, 5.41) is 10.4. The van der Waals surface area contributed by atoms with Crippen molar-refractivity contribution in [2.24, 2.45) is 5.92 Å². The van der Waals surface area contributed by atoms with E-state index in [2.05, 4.69) is 11.8 Å². The van der Waals surface area contributed by atoms with Crippen molar-refractivity contribution in [1.29, 1.82) is 0 Å². The number of benzene rings is 2. The third kappa shape index (κ3) is 3.41. The Balaban J connectivity index is 1.64. The minimum Gasteiger partial charge on any atom is -0.502 e. The van der Waals surface area contributed by atoms with Gasteiger partial charge in [-0.25, -0.2) is 0 Å². The van der Waals surface area contributed by atoms with Crippen molar-refractivity contribution >= 4 is 0 Å². The van der Waals surface area contributed by atoms with Gasteiger partial charge < -0.3 is 28.8 Å². The van der Waals surface area contributed by atoms with Gasteiger partial charge in [0.05, 0.1) is 14.2 Å². The number of hydrogen-bond donors (Lipinski definition) is 1. The Morgan fingerprint density at radius 3 is 2.19 bits per heavy atom. The van der Waals surface area contributed by atoms with Crippen molar-refractivity contribution < 1.29 is 28.8 Å². The minimum absolute atomic E-state index is 0.00644. The molecule has 0 bridgehead atoms. The summed E-state index contributed by atoms with van der Waals surface area (Å²) in [4.78, 5) is 2.45. The number of phenols is 1. The molecule has 0 amide bonds. The average molecular weight is 427 g/mol. The molecule has 7 heteroatoms. The Hall–Kier alpha value is -2.80. The highest BCUT2D eigenvalue weighted by Crippen LogP contribution is 2.51. The fourth-order valence-corrected chi connectivity index (χ4v) is 5.13. The Morgan fingerprint density at radius 1 is 0.903 bits per heavy atom.